The lowest BCUT2D eigenvalue weighted by molar-refractivity contribution is 0.0500. The number of anilines is 1. The largest absolute Gasteiger partial charge is 0.444 e. The number of carbonyl (C=O) groups excluding carboxylic acids is 1. The molecule has 1 aliphatic heterocycles. The minimum Gasteiger partial charge on any atom is -0.444 e. The Kier molecular flexibility index (Phi) is 6.77. The molecule has 1 fully saturated rings. The van der Waals surface area contributed by atoms with Gasteiger partial charge < -0.3 is 15.0 Å². The maximum Gasteiger partial charge on any atom is 0.407 e. The Morgan fingerprint density at radius 1 is 1.11 bits per heavy atom. The molecule has 1 saturated heterocycles. The number of benzene rings is 2. The summed E-state index contributed by atoms with van der Waals surface area (Å²) in [5, 5.41) is 21.2. The fourth-order valence-electron chi connectivity index (χ4n) is 4.94. The Morgan fingerprint density at radius 2 is 1.82 bits per heavy atom. The molecular weight excluding hydrogens is 476 g/mol. The van der Waals surface area contributed by atoms with Gasteiger partial charge in [0, 0.05) is 24.7 Å². The highest BCUT2D eigenvalue weighted by atomic mass is 16.6. The third kappa shape index (κ3) is 5.32. The number of nitrogens with zero attached hydrogens (tertiary/aromatic N) is 5. The number of ether oxygens (including phenoxy) is 1. The van der Waals surface area contributed by atoms with Crippen LogP contribution in [0.15, 0.2) is 60.9 Å². The Bertz CT molecular complexity index is 1490. The number of alkyl carbamates (subject to hydrolysis) is 1. The molecule has 5 rings (SSSR count). The van der Waals surface area contributed by atoms with E-state index in [2.05, 4.69) is 68.1 Å². The first-order chi connectivity index (χ1) is 18.2. The summed E-state index contributed by atoms with van der Waals surface area (Å²) in [7, 11) is 0. The Hall–Kier alpha value is -4.38. The van der Waals surface area contributed by atoms with Gasteiger partial charge in [-0.05, 0) is 69.9 Å². The summed E-state index contributed by atoms with van der Waals surface area (Å²) in [5.74, 6) is 0.774. The van der Waals surface area contributed by atoms with E-state index in [9.17, 15) is 10.1 Å². The molecule has 1 aliphatic rings. The van der Waals surface area contributed by atoms with Gasteiger partial charge in [-0.1, -0.05) is 42.0 Å². The summed E-state index contributed by atoms with van der Waals surface area (Å²) in [5.41, 5.74) is 6.33. The SMILES string of the molecule is Cc1ccc(-c2c(-c3ccc(C#N)cc3)cc3c(N4CCC[C@@H](NC(=O)OC(C)(C)C)C4)nncn23)cc1. The average molecular weight is 509 g/mol. The number of aromatic nitrogens is 3. The van der Waals surface area contributed by atoms with E-state index in [1.807, 2.05) is 45.0 Å². The molecule has 1 N–H and O–H groups in total. The van der Waals surface area contributed by atoms with E-state index in [1.54, 1.807) is 6.33 Å². The van der Waals surface area contributed by atoms with E-state index in [0.29, 0.717) is 12.1 Å². The quantitative estimate of drug-likeness (QED) is 0.378. The first-order valence-electron chi connectivity index (χ1n) is 12.9. The summed E-state index contributed by atoms with van der Waals surface area (Å²) >= 11 is 0. The fourth-order valence-corrected chi connectivity index (χ4v) is 4.94. The normalized spacial score (nSPS) is 15.8. The second-order valence-corrected chi connectivity index (χ2v) is 10.8. The molecule has 0 aliphatic carbocycles. The van der Waals surface area contributed by atoms with Gasteiger partial charge in [0.05, 0.1) is 22.8 Å². The van der Waals surface area contributed by atoms with E-state index in [4.69, 9.17) is 4.74 Å². The van der Waals surface area contributed by atoms with E-state index in [-0.39, 0.29) is 6.04 Å². The van der Waals surface area contributed by atoms with Crippen molar-refractivity contribution in [3.05, 3.63) is 72.1 Å². The highest BCUT2D eigenvalue weighted by molar-refractivity contribution is 5.90. The minimum absolute atomic E-state index is 0.0508. The number of nitriles is 1. The Morgan fingerprint density at radius 3 is 2.50 bits per heavy atom. The summed E-state index contributed by atoms with van der Waals surface area (Å²) < 4.78 is 7.56. The zero-order valence-electron chi connectivity index (χ0n) is 22.2. The van der Waals surface area contributed by atoms with E-state index in [1.165, 1.54) is 5.56 Å². The predicted octanol–water partition coefficient (Wildman–Crippen LogP) is 5.74. The molecule has 0 unspecified atom stereocenters. The summed E-state index contributed by atoms with van der Waals surface area (Å²) in [4.78, 5) is 14.6. The first-order valence-corrected chi connectivity index (χ1v) is 12.9. The molecule has 4 aromatic rings. The second kappa shape index (κ2) is 10.2. The summed E-state index contributed by atoms with van der Waals surface area (Å²) in [6.45, 7) is 9.09. The topological polar surface area (TPSA) is 95.5 Å². The van der Waals surface area contributed by atoms with Crippen molar-refractivity contribution in [1.29, 1.82) is 5.26 Å². The monoisotopic (exact) mass is 508 g/mol. The Balaban J connectivity index is 1.55. The molecule has 2 aromatic carbocycles. The van der Waals surface area contributed by atoms with Crippen LogP contribution in [0.2, 0.25) is 0 Å². The number of carbonyl (C=O) groups is 1. The van der Waals surface area contributed by atoms with Gasteiger partial charge in [0.2, 0.25) is 0 Å². The van der Waals surface area contributed by atoms with Gasteiger partial charge in [0.15, 0.2) is 5.82 Å². The third-order valence-corrected chi connectivity index (χ3v) is 6.68. The lowest BCUT2D eigenvalue weighted by Crippen LogP contribution is -2.49. The maximum atomic E-state index is 12.4. The highest BCUT2D eigenvalue weighted by Gasteiger charge is 2.27. The number of nitrogens with one attached hydrogen (secondary N) is 1. The van der Waals surface area contributed by atoms with Gasteiger partial charge in [-0.2, -0.15) is 5.26 Å². The van der Waals surface area contributed by atoms with Crippen LogP contribution in [0, 0.1) is 18.3 Å². The van der Waals surface area contributed by atoms with E-state index < -0.39 is 11.7 Å². The number of hydrogen-bond acceptors (Lipinski definition) is 6. The van der Waals surface area contributed by atoms with Crippen molar-refractivity contribution in [2.75, 3.05) is 18.0 Å². The molecule has 8 heteroatoms. The van der Waals surface area contributed by atoms with Gasteiger partial charge in [-0.25, -0.2) is 4.79 Å². The van der Waals surface area contributed by atoms with Crippen LogP contribution in [0.4, 0.5) is 10.6 Å². The number of rotatable bonds is 4. The van der Waals surface area contributed by atoms with Crippen molar-refractivity contribution in [2.45, 2.75) is 52.2 Å². The molecule has 1 atom stereocenters. The van der Waals surface area contributed by atoms with Crippen LogP contribution in [-0.2, 0) is 4.74 Å². The summed E-state index contributed by atoms with van der Waals surface area (Å²) in [6.07, 6.45) is 3.14. The molecule has 0 bridgehead atoms. The zero-order valence-corrected chi connectivity index (χ0v) is 22.2. The van der Waals surface area contributed by atoms with Crippen LogP contribution in [0.5, 0.6) is 0 Å². The summed E-state index contributed by atoms with van der Waals surface area (Å²) in [6, 6.07) is 20.4. The maximum absolute atomic E-state index is 12.4. The van der Waals surface area contributed by atoms with E-state index >= 15 is 0 Å². The van der Waals surface area contributed by atoms with Crippen LogP contribution < -0.4 is 10.2 Å². The second-order valence-electron chi connectivity index (χ2n) is 10.8. The van der Waals surface area contributed by atoms with Gasteiger partial charge in [0.1, 0.15) is 11.9 Å². The van der Waals surface area contributed by atoms with Gasteiger partial charge in [-0.3, -0.25) is 4.40 Å². The van der Waals surface area contributed by atoms with Crippen LogP contribution in [0.1, 0.15) is 44.7 Å². The number of hydrogen-bond donors (Lipinski definition) is 1. The fraction of sp³-hybridized carbons (Fsp3) is 0.333. The molecule has 3 heterocycles. The van der Waals surface area contributed by atoms with Crippen molar-refractivity contribution < 1.29 is 9.53 Å². The lowest BCUT2D eigenvalue weighted by atomic mass is 10.00. The Labute approximate surface area is 222 Å². The molecule has 0 saturated carbocycles. The van der Waals surface area contributed by atoms with Crippen LogP contribution in [0.25, 0.3) is 27.9 Å². The number of aryl methyl sites for hydroxylation is 1. The van der Waals surface area contributed by atoms with E-state index in [0.717, 1.165) is 53.1 Å². The smallest absolute Gasteiger partial charge is 0.407 e. The van der Waals surface area contributed by atoms with Crippen molar-refractivity contribution in [1.82, 2.24) is 19.9 Å². The van der Waals surface area contributed by atoms with Crippen LogP contribution in [0.3, 0.4) is 0 Å². The molecule has 2 aromatic heterocycles. The van der Waals surface area contributed by atoms with Crippen LogP contribution in [-0.4, -0.2) is 45.4 Å². The first kappa shape index (κ1) is 25.3. The third-order valence-electron chi connectivity index (χ3n) is 6.68. The number of amides is 1. The van der Waals surface area contributed by atoms with Crippen molar-refractivity contribution in [2.24, 2.45) is 0 Å². The van der Waals surface area contributed by atoms with Gasteiger partial charge in [0.25, 0.3) is 0 Å². The molecule has 8 nitrogen and oxygen atoms in total. The van der Waals surface area contributed by atoms with Gasteiger partial charge >= 0.3 is 6.09 Å². The zero-order chi connectivity index (χ0) is 26.9. The lowest BCUT2D eigenvalue weighted by Gasteiger charge is -2.34. The molecule has 0 radical (unpaired) electrons. The predicted molar refractivity (Wildman–Crippen MR) is 148 cm³/mol. The van der Waals surface area contributed by atoms with Gasteiger partial charge in [-0.15, -0.1) is 10.2 Å². The number of fused-ring (bicyclic) bond motifs is 1. The van der Waals surface area contributed by atoms with Crippen molar-refractivity contribution in [3.8, 4) is 28.5 Å². The minimum atomic E-state index is -0.546. The molecule has 194 valence electrons. The molecule has 0 spiro atoms. The molecule has 38 heavy (non-hydrogen) atoms. The van der Waals surface area contributed by atoms with Crippen LogP contribution >= 0.6 is 0 Å². The average Bonchev–Trinajstić information content (AvgIpc) is 3.28. The van der Waals surface area contributed by atoms with Crippen molar-refractivity contribution in [3.63, 3.8) is 0 Å². The number of piperidine rings is 1. The molecule has 1 amide bonds. The van der Waals surface area contributed by atoms with Crippen molar-refractivity contribution >= 4 is 17.4 Å². The standard InChI is InChI=1S/C30H32N6O2/c1-20-7-11-23(12-8-20)27-25(22-13-9-21(17-31)10-14-22)16-26-28(34-32-19-36(26)27)35-15-5-6-24(18-35)33-29(37)38-30(2,3)4/h7-14,16,19,24H,5-6,15,18H2,1-4H3,(H,33,37)/t24-/m1/s1. The molecular formula is C30H32N6O2. The highest BCUT2D eigenvalue weighted by Crippen LogP contribution is 2.38.